The van der Waals surface area contributed by atoms with Crippen LogP contribution < -0.4 is 15.8 Å². The molecule has 0 bridgehead atoms. The number of hydrogen-bond donors (Lipinski definition) is 2. The molecule has 0 spiro atoms. The van der Waals surface area contributed by atoms with Gasteiger partial charge in [0.15, 0.2) is 5.11 Å². The summed E-state index contributed by atoms with van der Waals surface area (Å²) in [5.41, 5.74) is 4.81. The Hall–Kier alpha value is -2.06. The third-order valence-corrected chi connectivity index (χ3v) is 2.88. The first-order chi connectivity index (χ1) is 10.3. The lowest BCUT2D eigenvalue weighted by molar-refractivity contribution is -0.138. The molecule has 2 rings (SSSR count). The summed E-state index contributed by atoms with van der Waals surface area (Å²) in [6, 6.07) is 6.37. The number of pyridine rings is 1. The van der Waals surface area contributed by atoms with E-state index in [1.807, 2.05) is 0 Å². The van der Waals surface area contributed by atoms with Gasteiger partial charge in [-0.05, 0) is 42.5 Å². The minimum Gasteiger partial charge on any atom is -0.437 e. The van der Waals surface area contributed by atoms with Gasteiger partial charge in [0, 0.05) is 11.9 Å². The molecule has 1 aromatic heterocycles. The molecule has 0 aliphatic carbocycles. The number of thiocarbonyl (C=S) groups is 1. The lowest BCUT2D eigenvalue weighted by Crippen LogP contribution is -2.18. The van der Waals surface area contributed by atoms with Crippen molar-refractivity contribution in [2.45, 2.75) is 6.18 Å². The summed E-state index contributed by atoms with van der Waals surface area (Å²) in [6.45, 7) is 0. The molecule has 3 N–H and O–H groups in total. The molecule has 0 aliphatic rings. The van der Waals surface area contributed by atoms with E-state index in [1.54, 1.807) is 0 Å². The number of nitrogens with zero attached hydrogens (tertiary/aromatic N) is 1. The maximum atomic E-state index is 12.9. The van der Waals surface area contributed by atoms with Gasteiger partial charge in [-0.25, -0.2) is 4.98 Å². The van der Waals surface area contributed by atoms with Crippen molar-refractivity contribution in [1.29, 1.82) is 0 Å². The molecule has 4 nitrogen and oxygen atoms in total. The summed E-state index contributed by atoms with van der Waals surface area (Å²) >= 11 is 10.6. The van der Waals surface area contributed by atoms with Crippen LogP contribution in [0.25, 0.3) is 0 Å². The van der Waals surface area contributed by atoms with Crippen LogP contribution in [0, 0.1) is 0 Å². The second-order valence-corrected chi connectivity index (χ2v) is 4.94. The minimum atomic E-state index is -4.58. The fourth-order valence-corrected chi connectivity index (χ4v) is 1.93. The van der Waals surface area contributed by atoms with Crippen molar-refractivity contribution in [2.75, 3.05) is 5.32 Å². The SMILES string of the molecule is NC(=S)Nc1ccc(Oc2ncccc2C(F)(F)F)c(Cl)c1. The second-order valence-electron chi connectivity index (χ2n) is 4.09. The molecular weight excluding hydrogens is 339 g/mol. The summed E-state index contributed by atoms with van der Waals surface area (Å²) in [7, 11) is 0. The van der Waals surface area contributed by atoms with E-state index < -0.39 is 17.6 Å². The average Bonchev–Trinajstić information content (AvgIpc) is 2.40. The Morgan fingerprint density at radius 2 is 2.05 bits per heavy atom. The van der Waals surface area contributed by atoms with Crippen LogP contribution in [0.1, 0.15) is 5.56 Å². The van der Waals surface area contributed by atoms with E-state index in [9.17, 15) is 13.2 Å². The maximum Gasteiger partial charge on any atom is 0.421 e. The number of alkyl halides is 3. The van der Waals surface area contributed by atoms with Gasteiger partial charge in [-0.1, -0.05) is 11.6 Å². The lowest BCUT2D eigenvalue weighted by atomic mass is 10.2. The zero-order valence-electron chi connectivity index (χ0n) is 10.8. The van der Waals surface area contributed by atoms with Crippen molar-refractivity contribution in [3.63, 3.8) is 0 Å². The lowest BCUT2D eigenvalue weighted by Gasteiger charge is -2.13. The number of benzene rings is 1. The number of ether oxygens (including phenoxy) is 1. The van der Waals surface area contributed by atoms with Crippen molar-refractivity contribution < 1.29 is 17.9 Å². The highest BCUT2D eigenvalue weighted by molar-refractivity contribution is 7.80. The van der Waals surface area contributed by atoms with Crippen LogP contribution in [0.2, 0.25) is 5.02 Å². The summed E-state index contributed by atoms with van der Waals surface area (Å²) < 4.78 is 43.8. The molecule has 0 unspecified atom stereocenters. The maximum absolute atomic E-state index is 12.9. The molecular formula is C13H9ClF3N3OS. The average molecular weight is 348 g/mol. The highest BCUT2D eigenvalue weighted by Crippen LogP contribution is 2.38. The highest BCUT2D eigenvalue weighted by atomic mass is 35.5. The Labute approximate surface area is 134 Å². The van der Waals surface area contributed by atoms with Crippen LogP contribution in [-0.2, 0) is 6.18 Å². The van der Waals surface area contributed by atoms with Crippen LogP contribution in [0.4, 0.5) is 18.9 Å². The van der Waals surface area contributed by atoms with Gasteiger partial charge < -0.3 is 15.8 Å². The molecule has 0 atom stereocenters. The topological polar surface area (TPSA) is 60.2 Å². The summed E-state index contributed by atoms with van der Waals surface area (Å²) in [5.74, 6) is -0.550. The Morgan fingerprint density at radius 1 is 1.32 bits per heavy atom. The molecule has 0 fully saturated rings. The smallest absolute Gasteiger partial charge is 0.421 e. The molecule has 0 aliphatic heterocycles. The van der Waals surface area contributed by atoms with E-state index in [0.717, 1.165) is 6.07 Å². The fraction of sp³-hybridized carbons (Fsp3) is 0.0769. The molecule has 2 aromatic rings. The largest absolute Gasteiger partial charge is 0.437 e. The molecule has 0 saturated carbocycles. The monoisotopic (exact) mass is 347 g/mol. The molecule has 0 amide bonds. The van der Waals surface area contributed by atoms with E-state index >= 15 is 0 Å². The number of anilines is 1. The van der Waals surface area contributed by atoms with Gasteiger partial charge in [-0.3, -0.25) is 0 Å². The van der Waals surface area contributed by atoms with Crippen LogP contribution in [-0.4, -0.2) is 10.1 Å². The molecule has 22 heavy (non-hydrogen) atoms. The van der Waals surface area contributed by atoms with Crippen LogP contribution in [0.5, 0.6) is 11.6 Å². The van der Waals surface area contributed by atoms with Gasteiger partial charge in [-0.15, -0.1) is 0 Å². The van der Waals surface area contributed by atoms with Crippen molar-refractivity contribution >= 4 is 34.6 Å². The van der Waals surface area contributed by atoms with Crippen molar-refractivity contribution in [3.05, 3.63) is 47.1 Å². The van der Waals surface area contributed by atoms with Crippen LogP contribution >= 0.6 is 23.8 Å². The predicted molar refractivity (Wildman–Crippen MR) is 81.2 cm³/mol. The van der Waals surface area contributed by atoms with Crippen LogP contribution in [0.15, 0.2) is 36.5 Å². The van der Waals surface area contributed by atoms with Crippen LogP contribution in [0.3, 0.4) is 0 Å². The van der Waals surface area contributed by atoms with Gasteiger partial charge in [-0.2, -0.15) is 13.2 Å². The Morgan fingerprint density at radius 3 is 2.64 bits per heavy atom. The van der Waals surface area contributed by atoms with E-state index in [-0.39, 0.29) is 15.9 Å². The first-order valence-corrected chi connectivity index (χ1v) is 6.62. The van der Waals surface area contributed by atoms with Gasteiger partial charge in [0.1, 0.15) is 11.3 Å². The summed E-state index contributed by atoms with van der Waals surface area (Å²) in [5, 5.41) is 2.77. The molecule has 0 radical (unpaired) electrons. The van der Waals surface area contributed by atoms with Gasteiger partial charge in [0.25, 0.3) is 0 Å². The van der Waals surface area contributed by atoms with E-state index in [2.05, 4.69) is 22.5 Å². The van der Waals surface area contributed by atoms with Gasteiger partial charge in [0.05, 0.1) is 5.02 Å². The fourth-order valence-electron chi connectivity index (χ4n) is 1.60. The summed E-state index contributed by atoms with van der Waals surface area (Å²) in [6.07, 6.45) is -3.38. The Bertz CT molecular complexity index is 709. The van der Waals surface area contributed by atoms with Crippen molar-refractivity contribution in [1.82, 2.24) is 4.98 Å². The number of nitrogens with two attached hydrogens (primary N) is 1. The Kier molecular flexibility index (Phi) is 4.72. The third-order valence-electron chi connectivity index (χ3n) is 2.48. The minimum absolute atomic E-state index is 0.0272. The molecule has 116 valence electrons. The van der Waals surface area contributed by atoms with Crippen molar-refractivity contribution in [2.24, 2.45) is 5.73 Å². The number of nitrogens with one attached hydrogen (secondary N) is 1. The Balaban J connectivity index is 2.30. The summed E-state index contributed by atoms with van der Waals surface area (Å²) in [4.78, 5) is 3.60. The predicted octanol–water partition coefficient (Wildman–Crippen LogP) is 4.20. The van der Waals surface area contributed by atoms with E-state index in [4.69, 9.17) is 22.1 Å². The standard InChI is InChI=1S/C13H9ClF3N3OS/c14-9-6-7(20-12(18)22)3-4-10(9)21-11-8(13(15,16)17)2-1-5-19-11/h1-6H,(H3,18,20,22). The molecule has 1 aromatic carbocycles. The highest BCUT2D eigenvalue weighted by Gasteiger charge is 2.35. The van der Waals surface area contributed by atoms with Crippen molar-refractivity contribution in [3.8, 4) is 11.6 Å². The number of hydrogen-bond acceptors (Lipinski definition) is 3. The third kappa shape index (κ3) is 3.99. The van der Waals surface area contributed by atoms with E-state index in [0.29, 0.717) is 5.69 Å². The first-order valence-electron chi connectivity index (χ1n) is 5.83. The number of aromatic nitrogens is 1. The van der Waals surface area contributed by atoms with Gasteiger partial charge in [0.2, 0.25) is 5.88 Å². The molecule has 9 heteroatoms. The zero-order chi connectivity index (χ0) is 16.3. The first kappa shape index (κ1) is 16.3. The second kappa shape index (κ2) is 6.37. The normalized spacial score (nSPS) is 11.1. The van der Waals surface area contributed by atoms with E-state index in [1.165, 1.54) is 30.5 Å². The number of halogens is 4. The molecule has 0 saturated heterocycles. The van der Waals surface area contributed by atoms with Gasteiger partial charge >= 0.3 is 6.18 Å². The quantitative estimate of drug-likeness (QED) is 0.815. The number of rotatable bonds is 3. The molecule has 1 heterocycles. The zero-order valence-corrected chi connectivity index (χ0v) is 12.4.